The molecule has 1 aliphatic rings. The summed E-state index contributed by atoms with van der Waals surface area (Å²) in [4.78, 5) is 11.6. The molecule has 0 fully saturated rings. The number of carboxylic acid groups (broad SMARTS) is 1. The van der Waals surface area contributed by atoms with E-state index in [0.29, 0.717) is 24.2 Å². The Bertz CT molecular complexity index is 1340. The molecule has 1 aromatic heterocycles. The van der Waals surface area contributed by atoms with Crippen LogP contribution in [0, 0.1) is 11.6 Å². The molecule has 2 aromatic carbocycles. The Hall–Kier alpha value is -3.44. The van der Waals surface area contributed by atoms with Crippen LogP contribution in [0.1, 0.15) is 29.0 Å². The SMILES string of the molecule is Cn1ccc(S(=O)(=O)NCCOc2ccc3c(c2)C(Cc2cc(F)cc(F)c2)C(NC(=O)O)CC3)c1. The van der Waals surface area contributed by atoms with E-state index in [-0.39, 0.29) is 30.4 Å². The van der Waals surface area contributed by atoms with Gasteiger partial charge in [-0.25, -0.2) is 26.7 Å². The summed E-state index contributed by atoms with van der Waals surface area (Å²) in [7, 11) is -1.92. The molecule has 0 aliphatic heterocycles. The van der Waals surface area contributed by atoms with Gasteiger partial charge >= 0.3 is 6.09 Å². The molecule has 3 N–H and O–H groups in total. The summed E-state index contributed by atoms with van der Waals surface area (Å²) in [5, 5.41) is 11.9. The highest BCUT2D eigenvalue weighted by Crippen LogP contribution is 2.37. The van der Waals surface area contributed by atoms with Crippen LogP contribution >= 0.6 is 0 Å². The molecule has 11 heteroatoms. The molecule has 192 valence electrons. The summed E-state index contributed by atoms with van der Waals surface area (Å²) in [6.45, 7) is 0.116. The van der Waals surface area contributed by atoms with Gasteiger partial charge in [-0.15, -0.1) is 0 Å². The molecule has 1 heterocycles. The number of halogens is 2. The predicted octanol–water partition coefficient (Wildman–Crippen LogP) is 3.57. The number of aryl methyl sites for hydroxylation is 2. The Morgan fingerprint density at radius 2 is 1.92 bits per heavy atom. The van der Waals surface area contributed by atoms with Crippen LogP contribution in [0.15, 0.2) is 59.8 Å². The second kappa shape index (κ2) is 10.7. The minimum Gasteiger partial charge on any atom is -0.492 e. The van der Waals surface area contributed by atoms with Crippen molar-refractivity contribution in [3.63, 3.8) is 0 Å². The van der Waals surface area contributed by atoms with E-state index < -0.39 is 33.8 Å². The monoisotopic (exact) mass is 519 g/mol. The van der Waals surface area contributed by atoms with Crippen molar-refractivity contribution in [2.24, 2.45) is 7.05 Å². The zero-order valence-corrected chi connectivity index (χ0v) is 20.4. The molecule has 1 amide bonds. The van der Waals surface area contributed by atoms with Gasteiger partial charge in [0.1, 0.15) is 24.0 Å². The van der Waals surface area contributed by atoms with Crippen molar-refractivity contribution in [1.29, 1.82) is 0 Å². The Kier molecular flexibility index (Phi) is 7.60. The molecule has 2 atom stereocenters. The lowest BCUT2D eigenvalue weighted by atomic mass is 9.76. The average Bonchev–Trinajstić information content (AvgIpc) is 3.25. The van der Waals surface area contributed by atoms with Gasteiger partial charge in [-0.3, -0.25) is 0 Å². The minimum absolute atomic E-state index is 0.0451. The molecule has 0 saturated carbocycles. The third-order valence-corrected chi connectivity index (χ3v) is 7.64. The number of hydrogen-bond donors (Lipinski definition) is 3. The lowest BCUT2D eigenvalue weighted by molar-refractivity contribution is 0.185. The molecule has 0 spiro atoms. The Labute approximate surface area is 208 Å². The fourth-order valence-electron chi connectivity index (χ4n) is 4.60. The van der Waals surface area contributed by atoms with Crippen LogP contribution in [0.25, 0.3) is 0 Å². The molecule has 2 unspecified atom stereocenters. The van der Waals surface area contributed by atoms with Crippen LogP contribution in [0.3, 0.4) is 0 Å². The van der Waals surface area contributed by atoms with Crippen LogP contribution in [0.4, 0.5) is 13.6 Å². The van der Waals surface area contributed by atoms with Gasteiger partial charge in [-0.05, 0) is 66.3 Å². The number of amides is 1. The number of hydrogen-bond acceptors (Lipinski definition) is 4. The molecular formula is C25H27F2N3O5S. The van der Waals surface area contributed by atoms with E-state index in [4.69, 9.17) is 4.74 Å². The van der Waals surface area contributed by atoms with Crippen molar-refractivity contribution in [2.45, 2.75) is 36.1 Å². The zero-order chi connectivity index (χ0) is 25.9. The highest BCUT2D eigenvalue weighted by molar-refractivity contribution is 7.89. The first-order valence-corrected chi connectivity index (χ1v) is 12.9. The van der Waals surface area contributed by atoms with Crippen LogP contribution in [-0.2, 0) is 29.9 Å². The average molecular weight is 520 g/mol. The smallest absolute Gasteiger partial charge is 0.404 e. The number of rotatable bonds is 9. The second-order valence-electron chi connectivity index (χ2n) is 8.80. The topological polar surface area (TPSA) is 110 Å². The van der Waals surface area contributed by atoms with E-state index in [1.54, 1.807) is 29.9 Å². The van der Waals surface area contributed by atoms with Gasteiger partial charge in [0.25, 0.3) is 0 Å². The molecule has 3 aromatic rings. The highest BCUT2D eigenvalue weighted by Gasteiger charge is 2.31. The quantitative estimate of drug-likeness (QED) is 0.375. The Balaban J connectivity index is 1.49. The number of carbonyl (C=O) groups is 1. The molecule has 36 heavy (non-hydrogen) atoms. The number of nitrogens with zero attached hydrogens (tertiary/aromatic N) is 1. The molecule has 4 rings (SSSR count). The van der Waals surface area contributed by atoms with Crippen LogP contribution in [0.2, 0.25) is 0 Å². The molecular weight excluding hydrogens is 492 g/mol. The highest BCUT2D eigenvalue weighted by atomic mass is 32.2. The lowest BCUT2D eigenvalue weighted by Gasteiger charge is -2.34. The van der Waals surface area contributed by atoms with Gasteiger partial charge in [0, 0.05) is 44.0 Å². The lowest BCUT2D eigenvalue weighted by Crippen LogP contribution is -2.42. The summed E-state index contributed by atoms with van der Waals surface area (Å²) in [5.41, 5.74) is 2.24. The number of ether oxygens (including phenoxy) is 1. The van der Waals surface area contributed by atoms with E-state index >= 15 is 0 Å². The van der Waals surface area contributed by atoms with Gasteiger partial charge in [0.15, 0.2) is 0 Å². The number of sulfonamides is 1. The molecule has 1 aliphatic carbocycles. The van der Waals surface area contributed by atoms with Crippen LogP contribution < -0.4 is 14.8 Å². The van der Waals surface area contributed by atoms with Crippen LogP contribution in [0.5, 0.6) is 5.75 Å². The van der Waals surface area contributed by atoms with Gasteiger partial charge in [0.2, 0.25) is 10.0 Å². The number of nitrogens with one attached hydrogen (secondary N) is 2. The van der Waals surface area contributed by atoms with Crippen molar-refractivity contribution in [1.82, 2.24) is 14.6 Å². The number of aromatic nitrogens is 1. The number of benzene rings is 2. The second-order valence-corrected chi connectivity index (χ2v) is 10.6. The maximum absolute atomic E-state index is 13.8. The van der Waals surface area contributed by atoms with E-state index in [9.17, 15) is 27.1 Å². The first kappa shape index (κ1) is 25.6. The summed E-state index contributed by atoms with van der Waals surface area (Å²) in [6.07, 6.45) is 3.37. The van der Waals surface area contributed by atoms with E-state index in [0.717, 1.165) is 17.2 Å². The maximum atomic E-state index is 13.8. The summed E-state index contributed by atoms with van der Waals surface area (Å²) in [6, 6.07) is 9.78. The molecule has 0 bridgehead atoms. The largest absolute Gasteiger partial charge is 0.492 e. The van der Waals surface area contributed by atoms with E-state index in [2.05, 4.69) is 10.0 Å². The van der Waals surface area contributed by atoms with Crippen LogP contribution in [-0.4, -0.2) is 43.4 Å². The van der Waals surface area contributed by atoms with Gasteiger partial charge in [-0.1, -0.05) is 6.07 Å². The minimum atomic E-state index is -3.65. The Morgan fingerprint density at radius 3 is 2.58 bits per heavy atom. The third kappa shape index (κ3) is 6.21. The normalized spacial score (nSPS) is 17.4. The fraction of sp³-hybridized carbons (Fsp3) is 0.320. The first-order chi connectivity index (χ1) is 17.1. The van der Waals surface area contributed by atoms with Crippen molar-refractivity contribution in [3.05, 3.63) is 83.2 Å². The first-order valence-electron chi connectivity index (χ1n) is 11.4. The van der Waals surface area contributed by atoms with E-state index in [1.807, 2.05) is 6.07 Å². The van der Waals surface area contributed by atoms with Crippen molar-refractivity contribution in [3.8, 4) is 5.75 Å². The molecule has 8 nitrogen and oxygen atoms in total. The van der Waals surface area contributed by atoms with Crippen molar-refractivity contribution in [2.75, 3.05) is 13.2 Å². The van der Waals surface area contributed by atoms with Gasteiger partial charge in [-0.2, -0.15) is 0 Å². The Morgan fingerprint density at radius 1 is 1.17 bits per heavy atom. The summed E-state index contributed by atoms with van der Waals surface area (Å²) in [5.74, 6) is -1.28. The van der Waals surface area contributed by atoms with Gasteiger partial charge < -0.3 is 19.7 Å². The maximum Gasteiger partial charge on any atom is 0.404 e. The standard InChI is InChI=1S/C25H27F2N3O5S/c1-30-8-6-21(15-30)36(33,34)28-7-9-35-20-4-2-17-3-5-24(29-25(31)32)23(22(17)14-20)12-16-10-18(26)13-19(27)11-16/h2,4,6,8,10-11,13-15,23-24,28-29H,3,5,7,9,12H2,1H3,(H,31,32). The number of fused-ring (bicyclic) bond motifs is 1. The van der Waals surface area contributed by atoms with Crippen molar-refractivity contribution < 1.29 is 31.8 Å². The zero-order valence-electron chi connectivity index (χ0n) is 19.6. The van der Waals surface area contributed by atoms with E-state index in [1.165, 1.54) is 24.4 Å². The molecule has 0 radical (unpaired) electrons. The predicted molar refractivity (Wildman–Crippen MR) is 129 cm³/mol. The van der Waals surface area contributed by atoms with Crippen molar-refractivity contribution >= 4 is 16.1 Å². The summed E-state index contributed by atoms with van der Waals surface area (Å²) < 4.78 is 62.2. The van der Waals surface area contributed by atoms with Gasteiger partial charge in [0.05, 0.1) is 4.90 Å². The summed E-state index contributed by atoms with van der Waals surface area (Å²) >= 11 is 0. The third-order valence-electron chi connectivity index (χ3n) is 6.19. The fourth-order valence-corrected chi connectivity index (χ4v) is 5.66. The molecule has 0 saturated heterocycles.